The number of amidine groups is 1. The van der Waals surface area contributed by atoms with Crippen molar-refractivity contribution in [3.05, 3.63) is 70.4 Å². The first-order chi connectivity index (χ1) is 14.6. The molecular weight excluding hydrogens is 402 g/mol. The Labute approximate surface area is 179 Å². The fourth-order valence-electron chi connectivity index (χ4n) is 3.64. The maximum atomic E-state index is 6.51. The van der Waals surface area contributed by atoms with Gasteiger partial charge in [0.05, 0.1) is 19.1 Å². The van der Waals surface area contributed by atoms with Gasteiger partial charge in [-0.25, -0.2) is 15.4 Å². The van der Waals surface area contributed by atoms with Crippen LogP contribution in [-0.2, 0) is 4.84 Å². The first-order valence-corrected chi connectivity index (χ1v) is 10.3. The number of nitrogens with one attached hydrogen (secondary N) is 1. The normalized spacial score (nSPS) is 18.6. The molecule has 5 rings (SSSR count). The van der Waals surface area contributed by atoms with E-state index in [-0.39, 0.29) is 6.04 Å². The van der Waals surface area contributed by atoms with E-state index in [1.54, 1.807) is 13.4 Å². The Morgan fingerprint density at radius 1 is 1.23 bits per heavy atom. The van der Waals surface area contributed by atoms with Crippen LogP contribution in [0.25, 0.3) is 5.69 Å². The van der Waals surface area contributed by atoms with Crippen molar-refractivity contribution in [2.75, 3.05) is 13.7 Å². The summed E-state index contributed by atoms with van der Waals surface area (Å²) in [5, 5.41) is 0.810. The number of nitrogens with zero attached hydrogens (tertiary/aromatic N) is 4. The number of aryl methyl sites for hydroxylation is 1. The second-order valence-corrected chi connectivity index (χ2v) is 8.02. The maximum absolute atomic E-state index is 6.51. The lowest BCUT2D eigenvalue weighted by atomic mass is 10.0. The molecule has 8 heteroatoms. The third-order valence-electron chi connectivity index (χ3n) is 5.39. The predicted octanol–water partition coefficient (Wildman–Crippen LogP) is 4.14. The van der Waals surface area contributed by atoms with E-state index in [1.807, 2.05) is 35.9 Å². The second kappa shape index (κ2) is 7.74. The van der Waals surface area contributed by atoms with Gasteiger partial charge in [-0.05, 0) is 55.0 Å². The molecule has 1 saturated carbocycles. The molecule has 2 aromatic heterocycles. The van der Waals surface area contributed by atoms with Gasteiger partial charge in [-0.1, -0.05) is 23.7 Å². The molecule has 3 aromatic rings. The van der Waals surface area contributed by atoms with Crippen molar-refractivity contribution in [3.8, 4) is 11.6 Å². The molecule has 30 heavy (non-hydrogen) atoms. The van der Waals surface area contributed by atoms with Crippen molar-refractivity contribution in [1.82, 2.24) is 20.0 Å². The maximum Gasteiger partial charge on any atom is 0.238 e. The number of imidazole rings is 1. The molecular formula is C22H22ClN5O2. The molecule has 0 spiro atoms. The topological polar surface area (TPSA) is 73.6 Å². The molecule has 2 aliphatic rings. The van der Waals surface area contributed by atoms with Gasteiger partial charge in [0.15, 0.2) is 5.84 Å². The van der Waals surface area contributed by atoms with Gasteiger partial charge >= 0.3 is 0 Å². The van der Waals surface area contributed by atoms with Crippen LogP contribution in [-0.4, -0.2) is 34.1 Å². The molecule has 0 amide bonds. The van der Waals surface area contributed by atoms with Crippen LogP contribution in [0.5, 0.6) is 5.88 Å². The number of pyridine rings is 1. The molecule has 154 valence electrons. The molecule has 1 N–H and O–H groups in total. The zero-order chi connectivity index (χ0) is 20.7. The Balaban J connectivity index is 1.44. The molecule has 0 radical (unpaired) electrons. The molecule has 1 aromatic carbocycles. The average molecular weight is 424 g/mol. The van der Waals surface area contributed by atoms with E-state index >= 15 is 0 Å². The van der Waals surface area contributed by atoms with Crippen molar-refractivity contribution < 1.29 is 9.57 Å². The minimum atomic E-state index is -0.157. The number of hydrogen-bond acceptors (Lipinski definition) is 6. The van der Waals surface area contributed by atoms with E-state index in [2.05, 4.69) is 27.6 Å². The number of benzene rings is 1. The standard InChI is InChI=1S/C22H22ClN5O2/c1-13-10-28(12-24-13)20-8-7-18(26-22(20)29-2)21-25-19(11-30-27-21)15-5-6-16(14-3-4-14)17(23)9-15/h5-10,12,14,19H,3-4,11H2,1-2H3,(H,25,27). The Bertz CT molecular complexity index is 1120. The van der Waals surface area contributed by atoms with E-state index < -0.39 is 0 Å². The summed E-state index contributed by atoms with van der Waals surface area (Å²) in [7, 11) is 1.60. The molecule has 0 bridgehead atoms. The minimum absolute atomic E-state index is 0.157. The van der Waals surface area contributed by atoms with Gasteiger partial charge in [-0.15, -0.1) is 0 Å². The largest absolute Gasteiger partial charge is 0.479 e. The van der Waals surface area contributed by atoms with Gasteiger partial charge in [0.2, 0.25) is 5.88 Å². The van der Waals surface area contributed by atoms with Crippen LogP contribution in [0.3, 0.4) is 0 Å². The summed E-state index contributed by atoms with van der Waals surface area (Å²) in [4.78, 5) is 19.3. The third kappa shape index (κ3) is 3.66. The number of hydroxylamine groups is 1. The summed E-state index contributed by atoms with van der Waals surface area (Å²) in [5.41, 5.74) is 7.50. The van der Waals surface area contributed by atoms with Gasteiger partial charge < -0.3 is 9.30 Å². The van der Waals surface area contributed by atoms with Gasteiger partial charge in [0, 0.05) is 11.2 Å². The Morgan fingerprint density at radius 3 is 2.80 bits per heavy atom. The lowest BCUT2D eigenvalue weighted by Gasteiger charge is -2.22. The number of rotatable bonds is 5. The van der Waals surface area contributed by atoms with Crippen molar-refractivity contribution in [3.63, 3.8) is 0 Å². The van der Waals surface area contributed by atoms with Gasteiger partial charge in [-0.2, -0.15) is 0 Å². The SMILES string of the molecule is COc1nc(C2=NC(c3ccc(C4CC4)c(Cl)c3)CON2)ccc1-n1cnc(C)c1. The van der Waals surface area contributed by atoms with Crippen LogP contribution < -0.4 is 10.2 Å². The Hall–Kier alpha value is -2.90. The number of methoxy groups -OCH3 is 1. The summed E-state index contributed by atoms with van der Waals surface area (Å²) in [6.45, 7) is 2.36. The van der Waals surface area contributed by atoms with Crippen molar-refractivity contribution in [2.45, 2.75) is 31.7 Å². The van der Waals surface area contributed by atoms with Crippen molar-refractivity contribution in [2.24, 2.45) is 4.99 Å². The first kappa shape index (κ1) is 19.1. The fraction of sp³-hybridized carbons (Fsp3) is 0.318. The predicted molar refractivity (Wildman–Crippen MR) is 114 cm³/mol. The molecule has 7 nitrogen and oxygen atoms in total. The number of ether oxygens (including phenoxy) is 1. The minimum Gasteiger partial charge on any atom is -0.479 e. The highest BCUT2D eigenvalue weighted by molar-refractivity contribution is 6.31. The number of aromatic nitrogens is 3. The van der Waals surface area contributed by atoms with Crippen molar-refractivity contribution in [1.29, 1.82) is 0 Å². The van der Waals surface area contributed by atoms with E-state index in [0.717, 1.165) is 22.0 Å². The van der Waals surface area contributed by atoms with Crippen LogP contribution in [0.15, 0.2) is 47.8 Å². The molecule has 1 atom stereocenters. The second-order valence-electron chi connectivity index (χ2n) is 7.61. The van der Waals surface area contributed by atoms with E-state index in [0.29, 0.717) is 29.9 Å². The summed E-state index contributed by atoms with van der Waals surface area (Å²) < 4.78 is 7.39. The highest BCUT2D eigenvalue weighted by atomic mass is 35.5. The van der Waals surface area contributed by atoms with Crippen LogP contribution in [0, 0.1) is 6.92 Å². The number of hydrogen-bond donors (Lipinski definition) is 1. The Kier molecular flexibility index (Phi) is 4.92. The lowest BCUT2D eigenvalue weighted by molar-refractivity contribution is 0.0620. The molecule has 1 aliphatic carbocycles. The molecule has 3 heterocycles. The first-order valence-electron chi connectivity index (χ1n) is 9.93. The van der Waals surface area contributed by atoms with Crippen LogP contribution in [0.1, 0.15) is 47.3 Å². The molecule has 1 unspecified atom stereocenters. The van der Waals surface area contributed by atoms with Crippen LogP contribution in [0.2, 0.25) is 5.02 Å². The molecule has 1 aliphatic heterocycles. The van der Waals surface area contributed by atoms with E-state index in [4.69, 9.17) is 26.2 Å². The molecule has 0 saturated heterocycles. The third-order valence-corrected chi connectivity index (χ3v) is 5.71. The van der Waals surface area contributed by atoms with Crippen molar-refractivity contribution >= 4 is 17.4 Å². The smallest absolute Gasteiger partial charge is 0.238 e. The summed E-state index contributed by atoms with van der Waals surface area (Å²) in [5.74, 6) is 1.65. The summed E-state index contributed by atoms with van der Waals surface area (Å²) >= 11 is 6.51. The summed E-state index contributed by atoms with van der Waals surface area (Å²) in [6.07, 6.45) is 6.10. The lowest BCUT2D eigenvalue weighted by Crippen LogP contribution is -2.33. The van der Waals surface area contributed by atoms with Gasteiger partial charge in [0.1, 0.15) is 24.0 Å². The van der Waals surface area contributed by atoms with Gasteiger partial charge in [-0.3, -0.25) is 9.83 Å². The Morgan fingerprint density at radius 2 is 2.10 bits per heavy atom. The van der Waals surface area contributed by atoms with E-state index in [1.165, 1.54) is 18.4 Å². The molecule has 1 fully saturated rings. The number of halogens is 1. The number of aliphatic imine (C=N–C) groups is 1. The highest BCUT2D eigenvalue weighted by Gasteiger charge is 2.27. The van der Waals surface area contributed by atoms with Gasteiger partial charge in [0.25, 0.3) is 0 Å². The zero-order valence-corrected chi connectivity index (χ0v) is 17.6. The van der Waals surface area contributed by atoms with Crippen LogP contribution in [0.4, 0.5) is 0 Å². The zero-order valence-electron chi connectivity index (χ0n) is 16.8. The highest BCUT2D eigenvalue weighted by Crippen LogP contribution is 2.43. The van der Waals surface area contributed by atoms with Crippen LogP contribution >= 0.6 is 11.6 Å². The quantitative estimate of drug-likeness (QED) is 0.667. The summed E-state index contributed by atoms with van der Waals surface area (Å²) in [6, 6.07) is 9.88. The van der Waals surface area contributed by atoms with E-state index in [9.17, 15) is 0 Å². The average Bonchev–Trinajstić information content (AvgIpc) is 3.53. The fourth-order valence-corrected chi connectivity index (χ4v) is 3.98. The monoisotopic (exact) mass is 423 g/mol.